The summed E-state index contributed by atoms with van der Waals surface area (Å²) in [5.74, 6) is 1.34. The second-order valence-electron chi connectivity index (χ2n) is 17.2. The van der Waals surface area contributed by atoms with Gasteiger partial charge in [0.25, 0.3) is 0 Å². The van der Waals surface area contributed by atoms with Crippen LogP contribution in [-0.2, 0) is 0 Å². The predicted octanol–water partition coefficient (Wildman–Crippen LogP) is 16.3. The molecule has 2 aromatic heterocycles. The first kappa shape index (κ1) is 36.6. The van der Waals surface area contributed by atoms with Crippen LogP contribution in [0.3, 0.4) is 0 Å². The van der Waals surface area contributed by atoms with Gasteiger partial charge < -0.3 is 0 Å². The average molecular weight is 837 g/mol. The van der Waals surface area contributed by atoms with Crippen molar-refractivity contribution in [3.63, 3.8) is 0 Å². The summed E-state index contributed by atoms with van der Waals surface area (Å²) in [6.45, 7) is 0. The highest BCUT2D eigenvalue weighted by Crippen LogP contribution is 2.42. The molecular formula is C62H36N4. The van der Waals surface area contributed by atoms with E-state index in [-0.39, 0.29) is 0 Å². The van der Waals surface area contributed by atoms with Crippen LogP contribution in [0.5, 0.6) is 0 Å². The molecule has 14 rings (SSSR count). The average Bonchev–Trinajstić information content (AvgIpc) is 3.40. The lowest BCUT2D eigenvalue weighted by molar-refractivity contribution is 1.23. The number of benzene rings is 12. The smallest absolute Gasteiger partial charge is 0.161 e. The number of rotatable bonds is 4. The quantitative estimate of drug-likeness (QED) is 0.166. The summed E-state index contributed by atoms with van der Waals surface area (Å²) in [6, 6.07) is 78.0. The summed E-state index contributed by atoms with van der Waals surface area (Å²) >= 11 is 0. The van der Waals surface area contributed by atoms with Crippen molar-refractivity contribution in [1.82, 2.24) is 19.9 Å². The largest absolute Gasteiger partial charge is 0.228 e. The molecule has 12 aromatic carbocycles. The highest BCUT2D eigenvalue weighted by atomic mass is 14.9. The van der Waals surface area contributed by atoms with Crippen molar-refractivity contribution < 1.29 is 0 Å². The van der Waals surface area contributed by atoms with Crippen LogP contribution in [0, 0.1) is 0 Å². The second-order valence-corrected chi connectivity index (χ2v) is 17.2. The van der Waals surface area contributed by atoms with E-state index >= 15 is 0 Å². The monoisotopic (exact) mass is 836 g/mol. The zero-order valence-corrected chi connectivity index (χ0v) is 35.6. The second kappa shape index (κ2) is 14.3. The van der Waals surface area contributed by atoms with Crippen molar-refractivity contribution in [2.24, 2.45) is 0 Å². The number of hydrogen-bond acceptors (Lipinski definition) is 4. The minimum atomic E-state index is 0.672. The van der Waals surface area contributed by atoms with Gasteiger partial charge in [-0.25, -0.2) is 19.9 Å². The van der Waals surface area contributed by atoms with E-state index in [1.165, 1.54) is 64.6 Å². The number of nitrogens with zero attached hydrogens (tertiary/aromatic N) is 4. The van der Waals surface area contributed by atoms with Crippen LogP contribution in [-0.4, -0.2) is 19.9 Å². The Kier molecular flexibility index (Phi) is 7.95. The third-order valence-corrected chi connectivity index (χ3v) is 13.6. The predicted molar refractivity (Wildman–Crippen MR) is 277 cm³/mol. The van der Waals surface area contributed by atoms with Crippen LogP contribution >= 0.6 is 0 Å². The molecule has 4 heteroatoms. The minimum absolute atomic E-state index is 0.672. The number of para-hydroxylation sites is 2. The van der Waals surface area contributed by atoms with Crippen molar-refractivity contribution in [2.45, 2.75) is 0 Å². The Morgan fingerprint density at radius 1 is 0.197 bits per heavy atom. The zero-order valence-electron chi connectivity index (χ0n) is 35.6. The lowest BCUT2D eigenvalue weighted by atomic mass is 9.92. The molecule has 304 valence electrons. The van der Waals surface area contributed by atoms with Gasteiger partial charge in [-0.3, -0.25) is 0 Å². The first-order valence-electron chi connectivity index (χ1n) is 22.5. The van der Waals surface area contributed by atoms with E-state index in [4.69, 9.17) is 19.9 Å². The van der Waals surface area contributed by atoms with Crippen LogP contribution in [0.4, 0.5) is 0 Å². The number of hydrogen-bond donors (Lipinski definition) is 0. The standard InChI is InChI=1S/C62H36N4/c1-3-19-43-39(15-1)41-17-5-9-23-47(41)55-35-37(29-31-49(43)55)59-53-25-11-13-27-57(53)63-61(65-59)51-33-34-52(46-22-8-7-21-45(46)51)62-64-58-28-14-12-26-54(58)60(66-62)38-30-32-50-44-20-4-2-16-40(44)42-18-6-10-24-48(42)56(50)36-38/h1-36H. The summed E-state index contributed by atoms with van der Waals surface area (Å²) in [7, 11) is 0. The third kappa shape index (κ3) is 5.52. The van der Waals surface area contributed by atoms with Crippen LogP contribution < -0.4 is 0 Å². The lowest BCUT2D eigenvalue weighted by Gasteiger charge is -2.15. The fourth-order valence-electron chi connectivity index (χ4n) is 10.6. The van der Waals surface area contributed by atoms with E-state index in [9.17, 15) is 0 Å². The molecule has 0 saturated carbocycles. The van der Waals surface area contributed by atoms with E-state index in [0.717, 1.165) is 66.2 Å². The Hall–Kier alpha value is -8.86. The molecule has 0 aliphatic carbocycles. The van der Waals surface area contributed by atoms with Gasteiger partial charge in [-0.15, -0.1) is 0 Å². The first-order valence-corrected chi connectivity index (χ1v) is 22.5. The van der Waals surface area contributed by atoms with Gasteiger partial charge in [-0.05, 0) is 112 Å². The maximum Gasteiger partial charge on any atom is 0.161 e. The summed E-state index contributed by atoms with van der Waals surface area (Å²) in [5, 5.41) is 19.0. The molecule has 0 N–H and O–H groups in total. The van der Waals surface area contributed by atoms with Crippen molar-refractivity contribution in [3.8, 4) is 45.3 Å². The van der Waals surface area contributed by atoms with Gasteiger partial charge in [0.1, 0.15) is 0 Å². The lowest BCUT2D eigenvalue weighted by Crippen LogP contribution is -1.98. The van der Waals surface area contributed by atoms with Gasteiger partial charge in [0.15, 0.2) is 11.6 Å². The van der Waals surface area contributed by atoms with Gasteiger partial charge in [0.2, 0.25) is 0 Å². The van der Waals surface area contributed by atoms with Crippen LogP contribution in [0.1, 0.15) is 0 Å². The Morgan fingerprint density at radius 3 is 0.818 bits per heavy atom. The molecule has 4 nitrogen and oxygen atoms in total. The van der Waals surface area contributed by atoms with E-state index < -0.39 is 0 Å². The van der Waals surface area contributed by atoms with Crippen LogP contribution in [0.15, 0.2) is 218 Å². The van der Waals surface area contributed by atoms with E-state index in [2.05, 4.69) is 218 Å². The van der Waals surface area contributed by atoms with Gasteiger partial charge in [0, 0.05) is 33.0 Å². The van der Waals surface area contributed by atoms with Crippen molar-refractivity contribution >= 4 is 97.2 Å². The van der Waals surface area contributed by atoms with E-state index in [1.807, 2.05) is 0 Å². The van der Waals surface area contributed by atoms with Gasteiger partial charge in [0.05, 0.1) is 22.4 Å². The number of fused-ring (bicyclic) bond motifs is 15. The maximum absolute atomic E-state index is 5.46. The highest BCUT2D eigenvalue weighted by molar-refractivity contribution is 6.27. The molecule has 0 atom stereocenters. The molecule has 66 heavy (non-hydrogen) atoms. The highest BCUT2D eigenvalue weighted by Gasteiger charge is 2.20. The van der Waals surface area contributed by atoms with Gasteiger partial charge >= 0.3 is 0 Å². The molecular weight excluding hydrogens is 801 g/mol. The topological polar surface area (TPSA) is 51.6 Å². The number of aromatic nitrogens is 4. The Balaban J connectivity index is 0.949. The van der Waals surface area contributed by atoms with Crippen LogP contribution in [0.2, 0.25) is 0 Å². The molecule has 0 fully saturated rings. The summed E-state index contributed by atoms with van der Waals surface area (Å²) in [4.78, 5) is 21.4. The molecule has 14 aromatic rings. The fourth-order valence-corrected chi connectivity index (χ4v) is 10.6. The molecule has 0 radical (unpaired) electrons. The normalized spacial score (nSPS) is 11.9. The minimum Gasteiger partial charge on any atom is -0.228 e. The summed E-state index contributed by atoms with van der Waals surface area (Å²) in [6.07, 6.45) is 0. The van der Waals surface area contributed by atoms with Crippen molar-refractivity contribution in [1.29, 1.82) is 0 Å². The van der Waals surface area contributed by atoms with Gasteiger partial charge in [-0.2, -0.15) is 0 Å². The molecule has 0 aliphatic heterocycles. The van der Waals surface area contributed by atoms with Crippen molar-refractivity contribution in [3.05, 3.63) is 218 Å². The first-order chi connectivity index (χ1) is 32.7. The maximum atomic E-state index is 5.46. The van der Waals surface area contributed by atoms with E-state index in [1.54, 1.807) is 0 Å². The molecule has 0 spiro atoms. The summed E-state index contributed by atoms with van der Waals surface area (Å²) < 4.78 is 0. The van der Waals surface area contributed by atoms with E-state index in [0.29, 0.717) is 11.6 Å². The molecule has 2 heterocycles. The molecule has 0 amide bonds. The Morgan fingerprint density at radius 2 is 0.470 bits per heavy atom. The molecule has 0 bridgehead atoms. The third-order valence-electron chi connectivity index (χ3n) is 13.6. The van der Waals surface area contributed by atoms with Crippen molar-refractivity contribution in [2.75, 3.05) is 0 Å². The Labute approximate surface area is 379 Å². The Bertz CT molecular complexity index is 4010. The molecule has 0 aliphatic rings. The zero-order chi connectivity index (χ0) is 43.3. The molecule has 0 saturated heterocycles. The summed E-state index contributed by atoms with van der Waals surface area (Å²) in [5.41, 5.74) is 7.61. The SMILES string of the molecule is c1ccc2c(-c3ccc4c5ccccc5c5ccccc5c4c3)nc(-c3ccc(-c4nc(-c5ccc6c7ccccc7c7ccccc7c6c5)c5ccccc5n4)c4ccccc34)nc2c1. The van der Waals surface area contributed by atoms with Gasteiger partial charge in [-0.1, -0.05) is 182 Å². The molecule has 0 unspecified atom stereocenters. The van der Waals surface area contributed by atoms with Crippen LogP contribution in [0.25, 0.3) is 143 Å². The fraction of sp³-hybridized carbons (Fsp3) is 0.